The Bertz CT molecular complexity index is 888. The van der Waals surface area contributed by atoms with Gasteiger partial charge in [0.1, 0.15) is 23.9 Å². The van der Waals surface area contributed by atoms with Crippen molar-refractivity contribution in [1.82, 2.24) is 16.0 Å². The van der Waals surface area contributed by atoms with Gasteiger partial charge in [-0.25, -0.2) is 0 Å². The number of carboxylic acid groups (broad SMARTS) is 1. The fourth-order valence-electron chi connectivity index (χ4n) is 2.85. The van der Waals surface area contributed by atoms with Crippen LogP contribution in [0.4, 0.5) is 0 Å². The number of hydrogen-bond acceptors (Lipinski definition) is 7. The first kappa shape index (κ1) is 28.4. The Morgan fingerprint density at radius 1 is 0.882 bits per heavy atom. The number of nitrogens with two attached hydrogens (primary N) is 2. The van der Waals surface area contributed by atoms with Crippen LogP contribution in [-0.2, 0) is 30.4 Å². The summed E-state index contributed by atoms with van der Waals surface area (Å²) in [5.74, 6) is -4.33. The molecule has 1 rings (SSSR count). The number of primary amides is 1. The van der Waals surface area contributed by atoms with Crippen LogP contribution in [-0.4, -0.2) is 64.0 Å². The topological polar surface area (TPSA) is 214 Å². The highest BCUT2D eigenvalue weighted by molar-refractivity contribution is 5.94. The number of carbonyl (C=O) groups excluding carboxylic acids is 4. The maximum Gasteiger partial charge on any atom is 0.325 e. The van der Waals surface area contributed by atoms with Crippen LogP contribution in [0.1, 0.15) is 39.2 Å². The van der Waals surface area contributed by atoms with Gasteiger partial charge >= 0.3 is 5.97 Å². The highest BCUT2D eigenvalue weighted by atomic mass is 16.4. The Balaban J connectivity index is 3.11. The quantitative estimate of drug-likeness (QED) is 0.181. The third kappa shape index (κ3) is 9.45. The first-order chi connectivity index (χ1) is 15.8. The molecule has 0 aliphatic carbocycles. The Hall–Kier alpha value is -3.67. The number of phenols is 1. The van der Waals surface area contributed by atoms with Crippen LogP contribution in [0.5, 0.6) is 5.75 Å². The van der Waals surface area contributed by atoms with Gasteiger partial charge in [-0.1, -0.05) is 26.0 Å². The first-order valence-corrected chi connectivity index (χ1v) is 10.8. The molecule has 188 valence electrons. The highest BCUT2D eigenvalue weighted by Gasteiger charge is 2.30. The second-order valence-electron chi connectivity index (χ2n) is 8.34. The van der Waals surface area contributed by atoms with Crippen LogP contribution in [0.25, 0.3) is 0 Å². The van der Waals surface area contributed by atoms with Crippen molar-refractivity contribution in [1.29, 1.82) is 0 Å². The van der Waals surface area contributed by atoms with Crippen molar-refractivity contribution < 1.29 is 34.2 Å². The van der Waals surface area contributed by atoms with Crippen LogP contribution >= 0.6 is 0 Å². The van der Waals surface area contributed by atoms with Crippen molar-refractivity contribution in [3.8, 4) is 5.75 Å². The molecule has 0 aromatic heterocycles. The molecule has 0 bridgehead atoms. The molecule has 0 aliphatic heterocycles. The molecule has 0 fully saturated rings. The summed E-state index contributed by atoms with van der Waals surface area (Å²) in [6.45, 7) is 4.73. The number of benzene rings is 1. The van der Waals surface area contributed by atoms with Gasteiger partial charge in [0.05, 0.1) is 6.04 Å². The molecule has 0 heterocycles. The molecule has 0 aliphatic rings. The van der Waals surface area contributed by atoms with Crippen LogP contribution in [0.2, 0.25) is 0 Å². The Morgan fingerprint density at radius 2 is 1.41 bits per heavy atom. The monoisotopic (exact) mass is 479 g/mol. The molecule has 0 saturated heterocycles. The van der Waals surface area contributed by atoms with Crippen molar-refractivity contribution in [2.75, 3.05) is 0 Å². The van der Waals surface area contributed by atoms with Gasteiger partial charge in [0.25, 0.3) is 0 Å². The Labute approximate surface area is 197 Å². The van der Waals surface area contributed by atoms with Gasteiger partial charge in [-0.2, -0.15) is 0 Å². The van der Waals surface area contributed by atoms with Crippen molar-refractivity contribution >= 4 is 29.6 Å². The molecular weight excluding hydrogens is 446 g/mol. The molecule has 0 saturated carbocycles. The summed E-state index contributed by atoms with van der Waals surface area (Å²) < 4.78 is 0. The van der Waals surface area contributed by atoms with E-state index in [4.69, 9.17) is 16.6 Å². The van der Waals surface area contributed by atoms with E-state index < -0.39 is 53.8 Å². The summed E-state index contributed by atoms with van der Waals surface area (Å²) in [4.78, 5) is 60.5. The van der Waals surface area contributed by atoms with Gasteiger partial charge in [0.15, 0.2) is 0 Å². The minimum absolute atomic E-state index is 0.0123. The lowest BCUT2D eigenvalue weighted by Gasteiger charge is -2.25. The average molecular weight is 480 g/mol. The lowest BCUT2D eigenvalue weighted by atomic mass is 10.0. The second-order valence-corrected chi connectivity index (χ2v) is 8.34. The van der Waals surface area contributed by atoms with Crippen molar-refractivity contribution in [3.63, 3.8) is 0 Å². The lowest BCUT2D eigenvalue weighted by Crippen LogP contribution is -2.58. The molecular formula is C22H33N5O7. The van der Waals surface area contributed by atoms with E-state index in [0.29, 0.717) is 5.56 Å². The first-order valence-electron chi connectivity index (χ1n) is 10.8. The lowest BCUT2D eigenvalue weighted by molar-refractivity contribution is -0.142. The molecule has 4 atom stereocenters. The van der Waals surface area contributed by atoms with E-state index in [1.54, 1.807) is 26.0 Å². The molecule has 12 heteroatoms. The normalized spacial score (nSPS) is 14.4. The molecule has 0 radical (unpaired) electrons. The molecule has 4 amide bonds. The van der Waals surface area contributed by atoms with E-state index in [1.807, 2.05) is 0 Å². The van der Waals surface area contributed by atoms with E-state index in [2.05, 4.69) is 16.0 Å². The fourth-order valence-corrected chi connectivity index (χ4v) is 2.85. The van der Waals surface area contributed by atoms with E-state index in [1.165, 1.54) is 19.1 Å². The smallest absolute Gasteiger partial charge is 0.325 e. The van der Waals surface area contributed by atoms with E-state index in [9.17, 15) is 29.1 Å². The number of carboxylic acids is 1. The van der Waals surface area contributed by atoms with Crippen molar-refractivity contribution in [2.45, 2.75) is 64.2 Å². The number of nitrogens with one attached hydrogen (secondary N) is 3. The SMILES string of the molecule is CC(NC(=O)C(CCC(N)=O)NC(=O)C(Cc1ccc(O)cc1)NC(=O)C(N)C(C)C)C(=O)O. The second kappa shape index (κ2) is 13.1. The van der Waals surface area contributed by atoms with Gasteiger partial charge in [-0.15, -0.1) is 0 Å². The minimum atomic E-state index is -1.28. The van der Waals surface area contributed by atoms with Gasteiger partial charge < -0.3 is 37.6 Å². The van der Waals surface area contributed by atoms with Gasteiger partial charge in [-0.05, 0) is 37.0 Å². The Morgan fingerprint density at radius 3 is 1.91 bits per heavy atom. The largest absolute Gasteiger partial charge is 0.508 e. The molecule has 0 spiro atoms. The summed E-state index contributed by atoms with van der Waals surface area (Å²) >= 11 is 0. The molecule has 9 N–H and O–H groups in total. The van der Waals surface area contributed by atoms with Crippen molar-refractivity contribution in [2.24, 2.45) is 17.4 Å². The van der Waals surface area contributed by atoms with Crippen LogP contribution in [0.3, 0.4) is 0 Å². The fraction of sp³-hybridized carbons (Fsp3) is 0.500. The minimum Gasteiger partial charge on any atom is -0.508 e. The molecule has 1 aromatic carbocycles. The summed E-state index contributed by atoms with van der Waals surface area (Å²) in [5, 5.41) is 25.8. The standard InChI is InChI=1S/C22H33N5O7/c1-11(2)18(24)21(32)27-16(10-13-4-6-14(28)7-5-13)20(31)26-15(8-9-17(23)29)19(30)25-12(3)22(33)34/h4-7,11-12,15-16,18,28H,8-10,24H2,1-3H3,(H2,23,29)(H,25,30)(H,26,31)(H,27,32)(H,33,34). The Kier molecular flexibility index (Phi) is 11.0. The van der Waals surface area contributed by atoms with E-state index >= 15 is 0 Å². The van der Waals surface area contributed by atoms with Gasteiger partial charge in [-0.3, -0.25) is 24.0 Å². The van der Waals surface area contributed by atoms with Crippen molar-refractivity contribution in [3.05, 3.63) is 29.8 Å². The van der Waals surface area contributed by atoms with Crippen LogP contribution in [0, 0.1) is 5.92 Å². The van der Waals surface area contributed by atoms with Gasteiger partial charge in [0.2, 0.25) is 23.6 Å². The van der Waals surface area contributed by atoms with Crippen LogP contribution < -0.4 is 27.4 Å². The van der Waals surface area contributed by atoms with E-state index in [-0.39, 0.29) is 30.9 Å². The molecule has 4 unspecified atom stereocenters. The number of aliphatic carboxylic acids is 1. The maximum absolute atomic E-state index is 13.1. The van der Waals surface area contributed by atoms with Crippen LogP contribution in [0.15, 0.2) is 24.3 Å². The van der Waals surface area contributed by atoms with E-state index in [0.717, 1.165) is 0 Å². The maximum atomic E-state index is 13.1. The van der Waals surface area contributed by atoms with Gasteiger partial charge in [0, 0.05) is 12.8 Å². The number of amides is 4. The molecule has 12 nitrogen and oxygen atoms in total. The zero-order valence-corrected chi connectivity index (χ0v) is 19.4. The predicted octanol–water partition coefficient (Wildman–Crippen LogP) is -1.26. The summed E-state index contributed by atoms with van der Waals surface area (Å²) in [6, 6.07) is 1.41. The third-order valence-corrected chi connectivity index (χ3v) is 5.07. The summed E-state index contributed by atoms with van der Waals surface area (Å²) in [7, 11) is 0. The zero-order chi connectivity index (χ0) is 26.0. The highest BCUT2D eigenvalue weighted by Crippen LogP contribution is 2.12. The average Bonchev–Trinajstić information content (AvgIpc) is 2.76. The zero-order valence-electron chi connectivity index (χ0n) is 19.4. The number of carbonyl (C=O) groups is 5. The molecule has 34 heavy (non-hydrogen) atoms. The molecule has 1 aromatic rings. The predicted molar refractivity (Wildman–Crippen MR) is 122 cm³/mol. The summed E-state index contributed by atoms with van der Waals surface area (Å²) in [5.41, 5.74) is 11.6. The summed E-state index contributed by atoms with van der Waals surface area (Å²) in [6.07, 6.45) is -0.407. The third-order valence-electron chi connectivity index (χ3n) is 5.07. The number of hydrogen-bond donors (Lipinski definition) is 7. The number of rotatable bonds is 13. The number of aromatic hydroxyl groups is 1. The number of phenolic OH excluding ortho intramolecular Hbond substituents is 1.